The van der Waals surface area contributed by atoms with Crippen LogP contribution in [-0.2, 0) is 4.74 Å². The van der Waals surface area contributed by atoms with Crippen molar-refractivity contribution in [1.29, 1.82) is 0 Å². The van der Waals surface area contributed by atoms with Crippen LogP contribution in [0.4, 0.5) is 17.5 Å². The van der Waals surface area contributed by atoms with Gasteiger partial charge in [0.05, 0.1) is 6.20 Å². The third-order valence-corrected chi connectivity index (χ3v) is 3.02. The third kappa shape index (κ3) is 4.39. The first-order valence-electron chi connectivity index (χ1n) is 7.10. The lowest BCUT2D eigenvalue weighted by atomic mass is 10.3. The lowest BCUT2D eigenvalue weighted by Gasteiger charge is -2.21. The van der Waals surface area contributed by atoms with Crippen LogP contribution < -0.4 is 10.2 Å². The molecule has 2 aromatic rings. The van der Waals surface area contributed by atoms with Gasteiger partial charge in [0.15, 0.2) is 5.82 Å². The lowest BCUT2D eigenvalue weighted by Crippen LogP contribution is -2.19. The van der Waals surface area contributed by atoms with Gasteiger partial charge in [0, 0.05) is 32.5 Å². The first kappa shape index (κ1) is 15.2. The van der Waals surface area contributed by atoms with Gasteiger partial charge in [0.2, 0.25) is 5.95 Å². The van der Waals surface area contributed by atoms with Crippen molar-refractivity contribution < 1.29 is 4.74 Å². The maximum absolute atomic E-state index is 5.01. The molecule has 6 heteroatoms. The molecule has 0 aliphatic rings. The van der Waals surface area contributed by atoms with Crippen molar-refractivity contribution >= 4 is 17.5 Å². The number of benzene rings is 1. The molecule has 0 aliphatic heterocycles. The summed E-state index contributed by atoms with van der Waals surface area (Å²) in [6.45, 7) is 4.37. The number of hydrogen-bond donors (Lipinski definition) is 1. The molecule has 1 heterocycles. The minimum Gasteiger partial charge on any atom is -0.385 e. The maximum Gasteiger partial charge on any atom is 0.244 e. The Morgan fingerprint density at radius 3 is 2.76 bits per heavy atom. The van der Waals surface area contributed by atoms with Crippen molar-refractivity contribution in [2.24, 2.45) is 0 Å². The fourth-order valence-corrected chi connectivity index (χ4v) is 2.00. The van der Waals surface area contributed by atoms with Crippen molar-refractivity contribution in [3.63, 3.8) is 0 Å². The zero-order chi connectivity index (χ0) is 14.9. The Kier molecular flexibility index (Phi) is 5.90. The Bertz CT molecular complexity index is 535. The van der Waals surface area contributed by atoms with Crippen LogP contribution in [0.2, 0.25) is 0 Å². The zero-order valence-corrected chi connectivity index (χ0v) is 12.5. The smallest absolute Gasteiger partial charge is 0.244 e. The summed E-state index contributed by atoms with van der Waals surface area (Å²) in [7, 11) is 1.69. The van der Waals surface area contributed by atoms with Crippen molar-refractivity contribution in [3.05, 3.63) is 36.5 Å². The predicted octanol–water partition coefficient (Wildman–Crippen LogP) is 2.48. The normalized spacial score (nSPS) is 10.4. The van der Waals surface area contributed by atoms with Crippen LogP contribution in [0.15, 0.2) is 36.5 Å². The molecule has 2 rings (SSSR count). The average molecular weight is 287 g/mol. The summed E-state index contributed by atoms with van der Waals surface area (Å²) in [4.78, 5) is 6.61. The van der Waals surface area contributed by atoms with E-state index in [1.807, 2.05) is 18.2 Å². The molecule has 1 N–H and O–H groups in total. The molecule has 112 valence electrons. The van der Waals surface area contributed by atoms with Gasteiger partial charge in [-0.15, -0.1) is 5.10 Å². The lowest BCUT2D eigenvalue weighted by molar-refractivity contribution is 0.197. The molecule has 0 saturated heterocycles. The predicted molar refractivity (Wildman–Crippen MR) is 83.9 cm³/mol. The highest BCUT2D eigenvalue weighted by molar-refractivity contribution is 5.59. The summed E-state index contributed by atoms with van der Waals surface area (Å²) in [6.07, 6.45) is 2.58. The fraction of sp³-hybridized carbons (Fsp3) is 0.400. The third-order valence-electron chi connectivity index (χ3n) is 3.02. The second-order valence-corrected chi connectivity index (χ2v) is 4.49. The number of rotatable bonds is 8. The number of hydrogen-bond acceptors (Lipinski definition) is 6. The van der Waals surface area contributed by atoms with E-state index in [4.69, 9.17) is 4.74 Å². The van der Waals surface area contributed by atoms with E-state index in [1.165, 1.54) is 0 Å². The van der Waals surface area contributed by atoms with E-state index in [1.54, 1.807) is 13.3 Å². The molecule has 0 unspecified atom stereocenters. The van der Waals surface area contributed by atoms with E-state index in [0.717, 1.165) is 31.0 Å². The van der Waals surface area contributed by atoms with Gasteiger partial charge in [0.25, 0.3) is 0 Å². The van der Waals surface area contributed by atoms with Crippen LogP contribution >= 0.6 is 0 Å². The van der Waals surface area contributed by atoms with Gasteiger partial charge in [0.1, 0.15) is 0 Å². The first-order valence-corrected chi connectivity index (χ1v) is 7.10. The van der Waals surface area contributed by atoms with Gasteiger partial charge in [-0.05, 0) is 25.5 Å². The van der Waals surface area contributed by atoms with Gasteiger partial charge >= 0.3 is 0 Å². The Balaban J connectivity index is 2.08. The number of aromatic nitrogens is 3. The van der Waals surface area contributed by atoms with Gasteiger partial charge in [-0.2, -0.15) is 10.1 Å². The van der Waals surface area contributed by atoms with E-state index in [2.05, 4.69) is 44.5 Å². The number of nitrogens with zero attached hydrogens (tertiary/aromatic N) is 4. The Morgan fingerprint density at radius 2 is 2.05 bits per heavy atom. The van der Waals surface area contributed by atoms with Crippen LogP contribution in [0.5, 0.6) is 0 Å². The Morgan fingerprint density at radius 1 is 1.24 bits per heavy atom. The van der Waals surface area contributed by atoms with Gasteiger partial charge in [-0.3, -0.25) is 0 Å². The SMILES string of the molecule is CCN(c1ccccc1)c1cnnc(NCCCOC)n1. The molecule has 0 radical (unpaired) electrons. The second-order valence-electron chi connectivity index (χ2n) is 4.49. The molecule has 0 bridgehead atoms. The number of anilines is 3. The highest BCUT2D eigenvalue weighted by Gasteiger charge is 2.10. The highest BCUT2D eigenvalue weighted by atomic mass is 16.5. The molecule has 0 saturated carbocycles. The molecular formula is C15H21N5O. The number of ether oxygens (including phenoxy) is 1. The second kappa shape index (κ2) is 8.16. The minimum absolute atomic E-state index is 0.540. The number of nitrogens with one attached hydrogen (secondary N) is 1. The van der Waals surface area contributed by atoms with E-state index in [9.17, 15) is 0 Å². The van der Waals surface area contributed by atoms with E-state index in [0.29, 0.717) is 12.6 Å². The van der Waals surface area contributed by atoms with Crippen LogP contribution in [0.1, 0.15) is 13.3 Å². The van der Waals surface area contributed by atoms with E-state index >= 15 is 0 Å². The molecule has 1 aromatic carbocycles. The number of methoxy groups -OCH3 is 1. The van der Waals surface area contributed by atoms with Crippen LogP contribution in [0, 0.1) is 0 Å². The minimum atomic E-state index is 0.540. The summed E-state index contributed by atoms with van der Waals surface area (Å²) in [5.74, 6) is 1.32. The monoisotopic (exact) mass is 287 g/mol. The van der Waals surface area contributed by atoms with Gasteiger partial charge < -0.3 is 15.0 Å². The summed E-state index contributed by atoms with van der Waals surface area (Å²) >= 11 is 0. The summed E-state index contributed by atoms with van der Waals surface area (Å²) in [5.41, 5.74) is 1.09. The molecule has 6 nitrogen and oxygen atoms in total. The first-order chi connectivity index (χ1) is 10.3. The summed E-state index contributed by atoms with van der Waals surface area (Å²) < 4.78 is 5.01. The maximum atomic E-state index is 5.01. The molecule has 21 heavy (non-hydrogen) atoms. The molecule has 0 atom stereocenters. The largest absolute Gasteiger partial charge is 0.385 e. The topological polar surface area (TPSA) is 63.2 Å². The molecule has 0 aliphatic carbocycles. The van der Waals surface area contributed by atoms with Crippen LogP contribution in [-0.4, -0.2) is 42.0 Å². The van der Waals surface area contributed by atoms with Crippen molar-refractivity contribution in [3.8, 4) is 0 Å². The Hall–Kier alpha value is -2.21. The Labute approximate surface area is 125 Å². The van der Waals surface area contributed by atoms with E-state index < -0.39 is 0 Å². The van der Waals surface area contributed by atoms with Crippen LogP contribution in [0.25, 0.3) is 0 Å². The number of para-hydroxylation sites is 1. The molecule has 0 spiro atoms. The molecule has 0 fully saturated rings. The molecule has 0 amide bonds. The highest BCUT2D eigenvalue weighted by Crippen LogP contribution is 2.22. The summed E-state index contributed by atoms with van der Waals surface area (Å²) in [6, 6.07) is 10.1. The molecular weight excluding hydrogens is 266 g/mol. The summed E-state index contributed by atoms with van der Waals surface area (Å²) in [5, 5.41) is 11.2. The van der Waals surface area contributed by atoms with Gasteiger partial charge in [-0.1, -0.05) is 18.2 Å². The van der Waals surface area contributed by atoms with Gasteiger partial charge in [-0.25, -0.2) is 0 Å². The average Bonchev–Trinajstić information content (AvgIpc) is 2.54. The quantitative estimate of drug-likeness (QED) is 0.753. The standard InChI is InChI=1S/C15H21N5O/c1-3-20(13-8-5-4-6-9-13)14-12-17-19-15(18-14)16-10-7-11-21-2/h4-6,8-9,12H,3,7,10-11H2,1-2H3,(H,16,18,19). The van der Waals surface area contributed by atoms with E-state index in [-0.39, 0.29) is 0 Å². The zero-order valence-electron chi connectivity index (χ0n) is 12.5. The van der Waals surface area contributed by atoms with Crippen molar-refractivity contribution in [2.75, 3.05) is 37.0 Å². The fourth-order valence-electron chi connectivity index (χ4n) is 2.00. The van der Waals surface area contributed by atoms with Crippen molar-refractivity contribution in [1.82, 2.24) is 15.2 Å². The van der Waals surface area contributed by atoms with Crippen LogP contribution in [0.3, 0.4) is 0 Å². The molecule has 1 aromatic heterocycles. The van der Waals surface area contributed by atoms with Crippen molar-refractivity contribution in [2.45, 2.75) is 13.3 Å².